The predicted octanol–water partition coefficient (Wildman–Crippen LogP) is 3.70. The van der Waals surface area contributed by atoms with Gasteiger partial charge in [0.05, 0.1) is 25.9 Å². The van der Waals surface area contributed by atoms with Gasteiger partial charge in [0.2, 0.25) is 5.91 Å². The van der Waals surface area contributed by atoms with Crippen molar-refractivity contribution in [2.24, 2.45) is 5.92 Å². The predicted molar refractivity (Wildman–Crippen MR) is 100 cm³/mol. The molecule has 5 heteroatoms. The number of carbonyl (C=O) groups excluding carboxylic acids is 1. The number of ether oxygens (including phenoxy) is 2. The Hall–Kier alpha value is -1.75. The maximum absolute atomic E-state index is 12.9. The molecular weight excluding hydrogens is 330 g/mol. The first-order chi connectivity index (χ1) is 12.5. The summed E-state index contributed by atoms with van der Waals surface area (Å²) in [5.74, 6) is 1.67. The van der Waals surface area contributed by atoms with Gasteiger partial charge in [0, 0.05) is 30.5 Å². The topological polar surface area (TPSA) is 59.0 Å². The fourth-order valence-corrected chi connectivity index (χ4v) is 4.77. The SMILES string of the molecule is CCCC(=O)N1CC[C@]2(O)CCCC[C@H]2[C@@H]1c1ccc(OC)cc1OC. The molecule has 1 saturated heterocycles. The second-order valence-corrected chi connectivity index (χ2v) is 7.60. The Morgan fingerprint density at radius 2 is 2.08 bits per heavy atom. The normalized spacial score (nSPS) is 28.4. The van der Waals surface area contributed by atoms with Gasteiger partial charge < -0.3 is 19.5 Å². The molecule has 2 fully saturated rings. The van der Waals surface area contributed by atoms with Crippen molar-refractivity contribution in [3.63, 3.8) is 0 Å². The monoisotopic (exact) mass is 361 g/mol. The van der Waals surface area contributed by atoms with Gasteiger partial charge in [-0.3, -0.25) is 4.79 Å². The second kappa shape index (κ2) is 7.87. The van der Waals surface area contributed by atoms with Crippen molar-refractivity contribution in [3.8, 4) is 11.5 Å². The van der Waals surface area contributed by atoms with Crippen molar-refractivity contribution in [2.45, 2.75) is 63.5 Å². The highest BCUT2D eigenvalue weighted by Crippen LogP contribution is 2.51. The van der Waals surface area contributed by atoms with Crippen LogP contribution in [0.3, 0.4) is 0 Å². The number of carbonyl (C=O) groups is 1. The van der Waals surface area contributed by atoms with E-state index in [0.29, 0.717) is 19.4 Å². The number of methoxy groups -OCH3 is 2. The van der Waals surface area contributed by atoms with Gasteiger partial charge >= 0.3 is 0 Å². The molecule has 0 radical (unpaired) electrons. The third kappa shape index (κ3) is 3.41. The largest absolute Gasteiger partial charge is 0.497 e. The average molecular weight is 361 g/mol. The van der Waals surface area contributed by atoms with Crippen molar-refractivity contribution in [1.82, 2.24) is 4.90 Å². The minimum atomic E-state index is -0.684. The lowest BCUT2D eigenvalue weighted by molar-refractivity contribution is -0.155. The van der Waals surface area contributed by atoms with E-state index in [4.69, 9.17) is 9.47 Å². The molecule has 1 amide bonds. The van der Waals surface area contributed by atoms with E-state index >= 15 is 0 Å². The summed E-state index contributed by atoms with van der Waals surface area (Å²) in [7, 11) is 3.28. The summed E-state index contributed by atoms with van der Waals surface area (Å²) >= 11 is 0. The third-order valence-electron chi connectivity index (χ3n) is 6.11. The highest BCUT2D eigenvalue weighted by atomic mass is 16.5. The Bertz CT molecular complexity index is 647. The molecule has 0 bridgehead atoms. The Morgan fingerprint density at radius 1 is 1.27 bits per heavy atom. The van der Waals surface area contributed by atoms with Crippen molar-refractivity contribution in [2.75, 3.05) is 20.8 Å². The summed E-state index contributed by atoms with van der Waals surface area (Å²) in [4.78, 5) is 14.8. The molecule has 0 spiro atoms. The van der Waals surface area contributed by atoms with Gasteiger partial charge in [0.15, 0.2) is 0 Å². The zero-order chi connectivity index (χ0) is 18.7. The number of hydrogen-bond donors (Lipinski definition) is 1. The molecule has 1 aliphatic heterocycles. The van der Waals surface area contributed by atoms with E-state index in [9.17, 15) is 9.90 Å². The number of rotatable bonds is 5. The van der Waals surface area contributed by atoms with Crippen LogP contribution in [0.1, 0.15) is 63.5 Å². The number of likely N-dealkylation sites (tertiary alicyclic amines) is 1. The van der Waals surface area contributed by atoms with Crippen LogP contribution in [0.2, 0.25) is 0 Å². The molecule has 3 atom stereocenters. The minimum Gasteiger partial charge on any atom is -0.497 e. The zero-order valence-corrected chi connectivity index (χ0v) is 16.2. The lowest BCUT2D eigenvalue weighted by atomic mass is 9.66. The Morgan fingerprint density at radius 3 is 2.77 bits per heavy atom. The van der Waals surface area contributed by atoms with E-state index in [0.717, 1.165) is 49.2 Å². The zero-order valence-electron chi connectivity index (χ0n) is 16.2. The van der Waals surface area contributed by atoms with Crippen LogP contribution < -0.4 is 9.47 Å². The summed E-state index contributed by atoms with van der Waals surface area (Å²) < 4.78 is 11.0. The van der Waals surface area contributed by atoms with Gasteiger partial charge in [-0.1, -0.05) is 19.8 Å². The molecule has 1 aromatic carbocycles. The molecular formula is C21H31NO4. The lowest BCUT2D eigenvalue weighted by Gasteiger charge is -2.52. The van der Waals surface area contributed by atoms with Crippen LogP contribution in [0.4, 0.5) is 0 Å². The second-order valence-electron chi connectivity index (χ2n) is 7.60. The summed E-state index contributed by atoms with van der Waals surface area (Å²) in [6.07, 6.45) is 5.95. The summed E-state index contributed by atoms with van der Waals surface area (Å²) in [5, 5.41) is 11.3. The van der Waals surface area contributed by atoms with Gasteiger partial charge in [0.1, 0.15) is 11.5 Å². The highest BCUT2D eigenvalue weighted by Gasteiger charge is 2.50. The summed E-state index contributed by atoms with van der Waals surface area (Å²) in [6, 6.07) is 5.63. The first kappa shape index (κ1) is 19.0. The lowest BCUT2D eigenvalue weighted by Crippen LogP contribution is -2.56. The van der Waals surface area contributed by atoms with Crippen molar-refractivity contribution in [3.05, 3.63) is 23.8 Å². The van der Waals surface area contributed by atoms with Crippen LogP contribution in [-0.4, -0.2) is 42.3 Å². The van der Waals surface area contributed by atoms with Crippen molar-refractivity contribution < 1.29 is 19.4 Å². The maximum Gasteiger partial charge on any atom is 0.223 e. The first-order valence-electron chi connectivity index (χ1n) is 9.78. The molecule has 2 aliphatic rings. The number of aliphatic hydroxyl groups is 1. The van der Waals surface area contributed by atoms with Crippen molar-refractivity contribution in [1.29, 1.82) is 0 Å². The summed E-state index contributed by atoms with van der Waals surface area (Å²) in [6.45, 7) is 2.63. The van der Waals surface area contributed by atoms with E-state index in [-0.39, 0.29) is 17.9 Å². The number of amides is 1. The number of benzene rings is 1. The van der Waals surface area contributed by atoms with E-state index < -0.39 is 5.60 Å². The van der Waals surface area contributed by atoms with E-state index in [1.54, 1.807) is 14.2 Å². The fraction of sp³-hybridized carbons (Fsp3) is 0.667. The molecule has 0 aromatic heterocycles. The van der Waals surface area contributed by atoms with E-state index in [1.807, 2.05) is 30.0 Å². The Balaban J connectivity index is 2.05. The maximum atomic E-state index is 12.9. The smallest absolute Gasteiger partial charge is 0.223 e. The molecule has 1 saturated carbocycles. The number of piperidine rings is 1. The molecule has 1 aromatic rings. The average Bonchev–Trinajstić information content (AvgIpc) is 2.66. The van der Waals surface area contributed by atoms with Gasteiger partial charge in [-0.05, 0) is 37.8 Å². The van der Waals surface area contributed by atoms with Crippen LogP contribution in [0.5, 0.6) is 11.5 Å². The van der Waals surface area contributed by atoms with Gasteiger partial charge in [-0.15, -0.1) is 0 Å². The van der Waals surface area contributed by atoms with Gasteiger partial charge in [-0.25, -0.2) is 0 Å². The molecule has 144 valence electrons. The molecule has 3 rings (SSSR count). The number of fused-ring (bicyclic) bond motifs is 1. The summed E-state index contributed by atoms with van der Waals surface area (Å²) in [5.41, 5.74) is 0.291. The molecule has 0 unspecified atom stereocenters. The van der Waals surface area contributed by atoms with E-state index in [2.05, 4.69) is 0 Å². The van der Waals surface area contributed by atoms with Crippen LogP contribution >= 0.6 is 0 Å². The van der Waals surface area contributed by atoms with Crippen LogP contribution in [0.25, 0.3) is 0 Å². The Kier molecular flexibility index (Phi) is 5.76. The molecule has 1 heterocycles. The molecule has 5 nitrogen and oxygen atoms in total. The standard InChI is InChI=1S/C21H31NO4/c1-4-7-19(23)22-13-12-21(24)11-6-5-8-17(21)20(22)16-10-9-15(25-2)14-18(16)26-3/h9-10,14,17,20,24H,4-8,11-13H2,1-3H3/t17-,20-,21+/m0/s1. The third-order valence-corrected chi connectivity index (χ3v) is 6.11. The quantitative estimate of drug-likeness (QED) is 0.869. The van der Waals surface area contributed by atoms with Crippen LogP contribution in [0.15, 0.2) is 18.2 Å². The van der Waals surface area contributed by atoms with Crippen molar-refractivity contribution >= 4 is 5.91 Å². The van der Waals surface area contributed by atoms with Crippen LogP contribution in [-0.2, 0) is 4.79 Å². The molecule has 26 heavy (non-hydrogen) atoms. The fourth-order valence-electron chi connectivity index (χ4n) is 4.77. The molecule has 1 aliphatic carbocycles. The highest BCUT2D eigenvalue weighted by molar-refractivity contribution is 5.77. The van der Waals surface area contributed by atoms with Gasteiger partial charge in [-0.2, -0.15) is 0 Å². The Labute approximate surface area is 156 Å². The van der Waals surface area contributed by atoms with E-state index in [1.165, 1.54) is 0 Å². The number of nitrogens with zero attached hydrogens (tertiary/aromatic N) is 1. The van der Waals surface area contributed by atoms with Crippen LogP contribution in [0, 0.1) is 5.92 Å². The molecule has 1 N–H and O–H groups in total. The minimum absolute atomic E-state index is 0.0492. The first-order valence-corrected chi connectivity index (χ1v) is 9.78. The van der Waals surface area contributed by atoms with Gasteiger partial charge in [0.25, 0.3) is 0 Å². The number of hydrogen-bond acceptors (Lipinski definition) is 4.